The molecule has 5 N–H and O–H groups in total. The van der Waals surface area contributed by atoms with E-state index in [1.807, 2.05) is 31.2 Å². The van der Waals surface area contributed by atoms with Gasteiger partial charge in [0.2, 0.25) is 0 Å². The van der Waals surface area contributed by atoms with Crippen molar-refractivity contribution in [3.8, 4) is 11.5 Å². The lowest BCUT2D eigenvalue weighted by molar-refractivity contribution is 0.0980. The summed E-state index contributed by atoms with van der Waals surface area (Å²) in [7, 11) is -4.56. The zero-order valence-corrected chi connectivity index (χ0v) is 26.3. The molecule has 0 aromatic heterocycles. The molecule has 0 saturated heterocycles. The van der Waals surface area contributed by atoms with Gasteiger partial charge in [0.1, 0.15) is 5.75 Å². The number of hydrogen-bond acceptors (Lipinski definition) is 7. The average Bonchev–Trinajstić information content (AvgIpc) is 2.97. The van der Waals surface area contributed by atoms with Gasteiger partial charge in [-0.3, -0.25) is 18.9 Å². The van der Waals surface area contributed by atoms with Crippen LogP contribution in [0.5, 0.6) is 11.5 Å². The maximum absolute atomic E-state index is 13.9. The zero-order valence-electron chi connectivity index (χ0n) is 25.5. The van der Waals surface area contributed by atoms with E-state index in [0.29, 0.717) is 22.6 Å². The number of benzene rings is 4. The number of anilines is 4. The van der Waals surface area contributed by atoms with E-state index in [1.54, 1.807) is 50.2 Å². The van der Waals surface area contributed by atoms with Crippen LogP contribution >= 0.6 is 0 Å². The van der Waals surface area contributed by atoms with Gasteiger partial charge in [-0.05, 0) is 67.0 Å². The monoisotopic (exact) mass is 613 g/mol. The van der Waals surface area contributed by atoms with Crippen molar-refractivity contribution in [1.29, 1.82) is 0 Å². The van der Waals surface area contributed by atoms with Crippen LogP contribution in [0.3, 0.4) is 0 Å². The van der Waals surface area contributed by atoms with Crippen molar-refractivity contribution in [3.05, 3.63) is 105 Å². The van der Waals surface area contributed by atoms with Gasteiger partial charge in [0, 0.05) is 22.9 Å². The predicted molar refractivity (Wildman–Crippen MR) is 173 cm³/mol. The zero-order chi connectivity index (χ0) is 32.1. The number of ketones is 2. The Labute approximate surface area is 257 Å². The summed E-state index contributed by atoms with van der Waals surface area (Å²) in [5, 5.41) is 3.27. The maximum Gasteiger partial charge on any atom is 0.357 e. The predicted octanol–water partition coefficient (Wildman–Crippen LogP) is 7.41. The SMILES string of the molecule is CCC(C)(C)c1ccc(Oc2cc(Nc3c(C)cc(C)c(NS(=O)(=O)O)c3C)c3c(c2N)C(=O)c2ccccc2C3=O)cc1. The second kappa shape index (κ2) is 11.1. The van der Waals surface area contributed by atoms with Crippen LogP contribution in [0.25, 0.3) is 0 Å². The number of carbonyl (C=O) groups excluding carboxylic acids is 2. The molecule has 0 radical (unpaired) electrons. The molecule has 0 unspecified atom stereocenters. The molecule has 0 aliphatic heterocycles. The Morgan fingerprint density at radius 2 is 1.43 bits per heavy atom. The Morgan fingerprint density at radius 1 is 0.864 bits per heavy atom. The molecule has 1 aliphatic rings. The van der Waals surface area contributed by atoms with Gasteiger partial charge in [0.05, 0.1) is 28.2 Å². The molecule has 4 aromatic rings. The molecule has 1 aliphatic carbocycles. The number of nitrogens with one attached hydrogen (secondary N) is 2. The average molecular weight is 614 g/mol. The number of nitrogen functional groups attached to an aromatic ring is 1. The molecule has 0 heterocycles. The minimum atomic E-state index is -4.56. The van der Waals surface area contributed by atoms with Gasteiger partial charge in [0.25, 0.3) is 0 Å². The van der Waals surface area contributed by atoms with Crippen molar-refractivity contribution in [2.45, 2.75) is 53.4 Å². The minimum Gasteiger partial charge on any atom is -0.455 e. The largest absolute Gasteiger partial charge is 0.455 e. The van der Waals surface area contributed by atoms with Crippen LogP contribution in [-0.4, -0.2) is 24.5 Å². The molecule has 228 valence electrons. The lowest BCUT2D eigenvalue weighted by atomic mass is 9.82. The van der Waals surface area contributed by atoms with Crippen molar-refractivity contribution < 1.29 is 27.3 Å². The first-order valence-electron chi connectivity index (χ1n) is 14.2. The Bertz CT molecular complexity index is 1950. The van der Waals surface area contributed by atoms with E-state index in [0.717, 1.165) is 17.5 Å². The first kappa shape index (κ1) is 30.8. The molecular formula is C34H35N3O6S. The normalized spacial score (nSPS) is 12.9. The van der Waals surface area contributed by atoms with Crippen molar-refractivity contribution in [2.24, 2.45) is 0 Å². The summed E-state index contributed by atoms with van der Waals surface area (Å²) >= 11 is 0. The fraction of sp³-hybridized carbons (Fsp3) is 0.235. The van der Waals surface area contributed by atoms with Gasteiger partial charge < -0.3 is 15.8 Å². The van der Waals surface area contributed by atoms with Gasteiger partial charge in [-0.1, -0.05) is 63.2 Å². The van der Waals surface area contributed by atoms with E-state index in [9.17, 15) is 22.6 Å². The summed E-state index contributed by atoms with van der Waals surface area (Å²) in [6.07, 6.45) is 0.955. The highest BCUT2D eigenvalue weighted by Gasteiger charge is 2.35. The van der Waals surface area contributed by atoms with Crippen molar-refractivity contribution in [1.82, 2.24) is 0 Å². The Morgan fingerprint density at radius 3 is 2.00 bits per heavy atom. The van der Waals surface area contributed by atoms with Gasteiger partial charge in [-0.2, -0.15) is 8.42 Å². The van der Waals surface area contributed by atoms with Gasteiger partial charge >= 0.3 is 10.3 Å². The van der Waals surface area contributed by atoms with Crippen LogP contribution in [0.15, 0.2) is 60.7 Å². The molecule has 0 fully saturated rings. The third-order valence-corrected chi connectivity index (χ3v) is 8.87. The van der Waals surface area contributed by atoms with Crippen LogP contribution in [0.2, 0.25) is 0 Å². The van der Waals surface area contributed by atoms with Gasteiger partial charge in [-0.25, -0.2) is 0 Å². The third kappa shape index (κ3) is 5.54. The smallest absolute Gasteiger partial charge is 0.357 e. The number of aryl methyl sites for hydroxylation is 2. The van der Waals surface area contributed by atoms with E-state index in [1.165, 1.54) is 0 Å². The summed E-state index contributed by atoms with van der Waals surface area (Å²) in [5.74, 6) is -0.128. The summed E-state index contributed by atoms with van der Waals surface area (Å²) in [6, 6.07) is 17.5. The summed E-state index contributed by atoms with van der Waals surface area (Å²) in [6.45, 7) is 11.7. The van der Waals surface area contributed by atoms with Crippen molar-refractivity contribution >= 4 is 44.6 Å². The maximum atomic E-state index is 13.9. The highest BCUT2D eigenvalue weighted by molar-refractivity contribution is 7.87. The third-order valence-electron chi connectivity index (χ3n) is 8.41. The van der Waals surface area contributed by atoms with Crippen molar-refractivity contribution in [3.63, 3.8) is 0 Å². The fourth-order valence-electron chi connectivity index (χ4n) is 5.58. The molecule has 0 bridgehead atoms. The fourth-order valence-corrected chi connectivity index (χ4v) is 6.15. The lowest BCUT2D eigenvalue weighted by Crippen LogP contribution is -2.24. The number of rotatable bonds is 8. The molecule has 0 amide bonds. The van der Waals surface area contributed by atoms with Crippen molar-refractivity contribution in [2.75, 3.05) is 15.8 Å². The van der Waals surface area contributed by atoms with E-state index in [2.05, 4.69) is 30.8 Å². The second-order valence-electron chi connectivity index (χ2n) is 11.7. The topological polar surface area (TPSA) is 148 Å². The van der Waals surface area contributed by atoms with E-state index < -0.39 is 16.1 Å². The quantitative estimate of drug-likeness (QED) is 0.104. The Kier molecular flexibility index (Phi) is 7.77. The van der Waals surface area contributed by atoms with Crippen LogP contribution in [0, 0.1) is 20.8 Å². The number of hydrogen-bond donors (Lipinski definition) is 4. The number of nitrogens with two attached hydrogens (primary N) is 1. The summed E-state index contributed by atoms with van der Waals surface area (Å²) in [4.78, 5) is 27.8. The number of fused-ring (bicyclic) bond motifs is 2. The van der Waals surface area contributed by atoms with E-state index >= 15 is 0 Å². The molecule has 9 nitrogen and oxygen atoms in total. The minimum absolute atomic E-state index is 0.0204. The first-order chi connectivity index (χ1) is 20.6. The first-order valence-corrected chi connectivity index (χ1v) is 15.6. The molecule has 4 aromatic carbocycles. The highest BCUT2D eigenvalue weighted by Crippen LogP contribution is 2.44. The highest BCUT2D eigenvalue weighted by atomic mass is 32.2. The van der Waals surface area contributed by atoms with E-state index in [4.69, 9.17) is 10.5 Å². The summed E-state index contributed by atoms with van der Waals surface area (Å²) in [5.41, 5.74) is 11.1. The van der Waals surface area contributed by atoms with Crippen LogP contribution in [0.4, 0.5) is 22.7 Å². The molecule has 10 heteroatoms. The standard InChI is InChI=1S/C34H35N3O6S/c1-7-34(5,6)21-12-14-22(15-13-21)43-26-17-25(36-30-18(2)16-19(3)31(20(30)4)37-44(40,41)42)27-28(29(26)35)33(39)24-11-9-8-10-23(24)32(27)38/h8-17,36-37H,7,35H2,1-6H3,(H,40,41,42). The van der Waals surface area contributed by atoms with Gasteiger partial charge in [-0.15, -0.1) is 0 Å². The Hall–Kier alpha value is -4.67. The van der Waals surface area contributed by atoms with Gasteiger partial charge in [0.15, 0.2) is 17.3 Å². The number of carbonyl (C=O) groups is 2. The molecule has 5 rings (SSSR count). The number of ether oxygens (including phenoxy) is 1. The summed E-state index contributed by atoms with van der Waals surface area (Å²) < 4.78 is 41.3. The van der Waals surface area contributed by atoms with Crippen LogP contribution in [-0.2, 0) is 15.7 Å². The second-order valence-corrected chi connectivity index (χ2v) is 12.9. The molecule has 0 saturated carbocycles. The Balaban J connectivity index is 1.69. The molecule has 0 spiro atoms. The molecule has 44 heavy (non-hydrogen) atoms. The molecular weight excluding hydrogens is 578 g/mol. The van der Waals surface area contributed by atoms with E-state index in [-0.39, 0.29) is 56.3 Å². The lowest BCUT2D eigenvalue weighted by Gasteiger charge is -2.26. The van der Waals surface area contributed by atoms with Crippen LogP contribution in [0.1, 0.15) is 81.3 Å². The molecule has 0 atom stereocenters. The van der Waals surface area contributed by atoms with Crippen LogP contribution < -0.4 is 20.5 Å².